The fraction of sp³-hybridized carbons (Fsp3) is 0.235. The molecule has 3 rings (SSSR count). The molecule has 1 aromatic carbocycles. The molecule has 0 amide bonds. The Bertz CT molecular complexity index is 756. The average molecular weight is 326 g/mol. The van der Waals surface area contributed by atoms with Crippen LogP contribution in [0.15, 0.2) is 53.9 Å². The molecule has 0 radical (unpaired) electrons. The minimum absolute atomic E-state index is 0.839. The first-order chi connectivity index (χ1) is 11.3. The number of nitrogens with zero attached hydrogens (tertiary/aromatic N) is 4. The van der Waals surface area contributed by atoms with E-state index >= 15 is 0 Å². The Hall–Kier alpha value is -2.34. The molecular formula is C17H18N4OS. The number of methoxy groups -OCH3 is 1. The molecule has 0 aliphatic rings. The SMILES string of the molecule is COc1ccc(-n2c(C)nnc2SCCc2ccncc2)cc1. The van der Waals surface area contributed by atoms with Crippen LogP contribution in [0.2, 0.25) is 0 Å². The first kappa shape index (κ1) is 15.6. The summed E-state index contributed by atoms with van der Waals surface area (Å²) in [5.41, 5.74) is 2.32. The van der Waals surface area contributed by atoms with Gasteiger partial charge in [-0.05, 0) is 55.3 Å². The van der Waals surface area contributed by atoms with E-state index in [4.69, 9.17) is 4.74 Å². The first-order valence-corrected chi connectivity index (χ1v) is 8.34. The van der Waals surface area contributed by atoms with Crippen molar-refractivity contribution in [3.8, 4) is 11.4 Å². The molecule has 5 nitrogen and oxygen atoms in total. The lowest BCUT2D eigenvalue weighted by Gasteiger charge is -2.09. The summed E-state index contributed by atoms with van der Waals surface area (Å²) in [4.78, 5) is 4.04. The fourth-order valence-electron chi connectivity index (χ4n) is 2.27. The average Bonchev–Trinajstić information content (AvgIpc) is 2.97. The van der Waals surface area contributed by atoms with Gasteiger partial charge in [0.25, 0.3) is 0 Å². The van der Waals surface area contributed by atoms with Crippen molar-refractivity contribution in [1.82, 2.24) is 19.7 Å². The van der Waals surface area contributed by atoms with Crippen LogP contribution in [-0.4, -0.2) is 32.6 Å². The van der Waals surface area contributed by atoms with Gasteiger partial charge >= 0.3 is 0 Å². The molecule has 0 unspecified atom stereocenters. The Labute approximate surface area is 139 Å². The quantitative estimate of drug-likeness (QED) is 0.651. The number of rotatable bonds is 6. The molecule has 0 saturated heterocycles. The van der Waals surface area contributed by atoms with E-state index in [0.29, 0.717) is 0 Å². The van der Waals surface area contributed by atoms with Gasteiger partial charge in [-0.25, -0.2) is 0 Å². The first-order valence-electron chi connectivity index (χ1n) is 7.36. The Morgan fingerprint density at radius 2 is 1.78 bits per heavy atom. The summed E-state index contributed by atoms with van der Waals surface area (Å²) in [6.07, 6.45) is 4.62. The van der Waals surface area contributed by atoms with Gasteiger partial charge in [0.15, 0.2) is 5.16 Å². The van der Waals surface area contributed by atoms with Gasteiger partial charge in [-0.15, -0.1) is 10.2 Å². The molecule has 23 heavy (non-hydrogen) atoms. The Morgan fingerprint density at radius 3 is 2.48 bits per heavy atom. The molecule has 0 N–H and O–H groups in total. The molecule has 0 atom stereocenters. The number of hydrogen-bond acceptors (Lipinski definition) is 5. The lowest BCUT2D eigenvalue weighted by atomic mass is 10.2. The van der Waals surface area contributed by atoms with E-state index in [2.05, 4.69) is 19.7 Å². The Morgan fingerprint density at radius 1 is 1.04 bits per heavy atom. The van der Waals surface area contributed by atoms with E-state index in [1.54, 1.807) is 18.9 Å². The largest absolute Gasteiger partial charge is 0.497 e. The molecule has 6 heteroatoms. The molecule has 0 spiro atoms. The van der Waals surface area contributed by atoms with Crippen molar-refractivity contribution < 1.29 is 4.74 Å². The van der Waals surface area contributed by atoms with Crippen molar-refractivity contribution in [2.75, 3.05) is 12.9 Å². The summed E-state index contributed by atoms with van der Waals surface area (Å²) < 4.78 is 7.28. The van der Waals surface area contributed by atoms with Gasteiger partial charge in [0.1, 0.15) is 11.6 Å². The van der Waals surface area contributed by atoms with Crippen molar-refractivity contribution in [2.45, 2.75) is 18.5 Å². The molecule has 0 bridgehead atoms. The molecule has 0 aliphatic carbocycles. The van der Waals surface area contributed by atoms with Gasteiger partial charge in [0.2, 0.25) is 0 Å². The van der Waals surface area contributed by atoms with E-state index in [1.165, 1.54) is 5.56 Å². The van der Waals surface area contributed by atoms with E-state index < -0.39 is 0 Å². The lowest BCUT2D eigenvalue weighted by Crippen LogP contribution is -2.00. The van der Waals surface area contributed by atoms with Gasteiger partial charge in [-0.2, -0.15) is 0 Å². The summed E-state index contributed by atoms with van der Waals surface area (Å²) in [7, 11) is 1.67. The van der Waals surface area contributed by atoms with Crippen LogP contribution in [0.4, 0.5) is 0 Å². The van der Waals surface area contributed by atoms with Crippen LogP contribution in [0, 0.1) is 6.92 Å². The van der Waals surface area contributed by atoms with Crippen molar-refractivity contribution in [2.24, 2.45) is 0 Å². The van der Waals surface area contributed by atoms with Crippen molar-refractivity contribution in [1.29, 1.82) is 0 Å². The van der Waals surface area contributed by atoms with Crippen molar-refractivity contribution >= 4 is 11.8 Å². The van der Waals surface area contributed by atoms with Crippen molar-refractivity contribution in [3.63, 3.8) is 0 Å². The molecule has 0 fully saturated rings. The van der Waals surface area contributed by atoms with Crippen LogP contribution in [0.25, 0.3) is 5.69 Å². The number of aromatic nitrogens is 4. The van der Waals surface area contributed by atoms with E-state index in [1.807, 2.05) is 55.7 Å². The van der Waals surface area contributed by atoms with E-state index in [0.717, 1.165) is 34.6 Å². The maximum atomic E-state index is 5.21. The number of pyridine rings is 1. The molecule has 2 heterocycles. The zero-order valence-corrected chi connectivity index (χ0v) is 14.0. The van der Waals surface area contributed by atoms with Crippen LogP contribution >= 0.6 is 11.8 Å². The normalized spacial score (nSPS) is 10.7. The van der Waals surface area contributed by atoms with Gasteiger partial charge in [-0.3, -0.25) is 9.55 Å². The molecule has 3 aromatic rings. The molecule has 0 saturated carbocycles. The number of ether oxygens (including phenoxy) is 1. The number of thioether (sulfide) groups is 1. The zero-order chi connectivity index (χ0) is 16.1. The van der Waals surface area contributed by atoms with Crippen molar-refractivity contribution in [3.05, 3.63) is 60.2 Å². The third-order valence-corrected chi connectivity index (χ3v) is 4.43. The highest BCUT2D eigenvalue weighted by Crippen LogP contribution is 2.24. The van der Waals surface area contributed by atoms with Gasteiger partial charge in [0, 0.05) is 23.8 Å². The summed E-state index contributed by atoms with van der Waals surface area (Å²) in [6.45, 7) is 1.96. The fourth-order valence-corrected chi connectivity index (χ4v) is 3.26. The van der Waals surface area contributed by atoms with E-state index in [-0.39, 0.29) is 0 Å². The lowest BCUT2D eigenvalue weighted by molar-refractivity contribution is 0.414. The van der Waals surface area contributed by atoms with E-state index in [9.17, 15) is 0 Å². The monoisotopic (exact) mass is 326 g/mol. The summed E-state index contributed by atoms with van der Waals surface area (Å²) in [5.74, 6) is 2.66. The third kappa shape index (κ3) is 3.71. The summed E-state index contributed by atoms with van der Waals surface area (Å²) in [6, 6.07) is 12.0. The molecule has 118 valence electrons. The Balaban J connectivity index is 1.73. The third-order valence-electron chi connectivity index (χ3n) is 3.50. The van der Waals surface area contributed by atoms with Crippen LogP contribution < -0.4 is 4.74 Å². The number of benzene rings is 1. The molecule has 0 aliphatic heterocycles. The van der Waals surface area contributed by atoms with Crippen LogP contribution in [0.1, 0.15) is 11.4 Å². The highest BCUT2D eigenvalue weighted by molar-refractivity contribution is 7.99. The van der Waals surface area contributed by atoms with Gasteiger partial charge in [-0.1, -0.05) is 11.8 Å². The number of aryl methyl sites for hydroxylation is 2. The highest BCUT2D eigenvalue weighted by Gasteiger charge is 2.11. The minimum atomic E-state index is 0.839. The predicted molar refractivity (Wildman–Crippen MR) is 91.3 cm³/mol. The maximum absolute atomic E-state index is 5.21. The summed E-state index contributed by atoms with van der Waals surface area (Å²) in [5, 5.41) is 9.41. The molecular weight excluding hydrogens is 308 g/mol. The van der Waals surface area contributed by atoms with Crippen LogP contribution in [-0.2, 0) is 6.42 Å². The highest BCUT2D eigenvalue weighted by atomic mass is 32.2. The van der Waals surface area contributed by atoms with Gasteiger partial charge in [0.05, 0.1) is 7.11 Å². The van der Waals surface area contributed by atoms with Crippen LogP contribution in [0.5, 0.6) is 5.75 Å². The second kappa shape index (κ2) is 7.28. The molecule has 2 aromatic heterocycles. The van der Waals surface area contributed by atoms with Crippen LogP contribution in [0.3, 0.4) is 0 Å². The Kier molecular flexibility index (Phi) is 4.92. The second-order valence-electron chi connectivity index (χ2n) is 5.02. The zero-order valence-electron chi connectivity index (χ0n) is 13.1. The number of hydrogen-bond donors (Lipinski definition) is 0. The standard InChI is InChI=1S/C17H18N4OS/c1-13-19-20-17(23-12-9-14-7-10-18-11-8-14)21(13)15-3-5-16(22-2)6-4-15/h3-8,10-11H,9,12H2,1-2H3. The predicted octanol–water partition coefficient (Wildman–Crippen LogP) is 3.31. The second-order valence-corrected chi connectivity index (χ2v) is 6.08. The smallest absolute Gasteiger partial charge is 0.195 e. The summed E-state index contributed by atoms with van der Waals surface area (Å²) >= 11 is 1.71. The minimum Gasteiger partial charge on any atom is -0.497 e. The topological polar surface area (TPSA) is 52.8 Å². The van der Waals surface area contributed by atoms with Gasteiger partial charge < -0.3 is 4.74 Å². The maximum Gasteiger partial charge on any atom is 0.195 e.